The smallest absolute Gasteiger partial charge is 0.299 e. The van der Waals surface area contributed by atoms with Gasteiger partial charge in [0.05, 0.1) is 6.54 Å². The summed E-state index contributed by atoms with van der Waals surface area (Å²) >= 11 is 0. The molecular weight excluding hydrogens is 280 g/mol. The van der Waals surface area contributed by atoms with E-state index in [0.717, 1.165) is 19.5 Å². The van der Waals surface area contributed by atoms with Crippen LogP contribution in [-0.4, -0.2) is 57.1 Å². The lowest BCUT2D eigenvalue weighted by molar-refractivity contribution is 0.211. The van der Waals surface area contributed by atoms with Crippen LogP contribution >= 0.6 is 0 Å². The van der Waals surface area contributed by atoms with E-state index < -0.39 is 0 Å². The number of H-pyrrole nitrogens is 2. The molecule has 1 aliphatic rings. The third kappa shape index (κ3) is 3.26. The van der Waals surface area contributed by atoms with Crippen LogP contribution in [0.5, 0.6) is 0 Å². The molecule has 0 saturated carbocycles. The first-order valence-corrected chi connectivity index (χ1v) is 7.56. The lowest BCUT2D eigenvalue weighted by Gasteiger charge is -2.28. The fraction of sp³-hybridized carbons (Fsp3) is 0.533. The average molecular weight is 302 g/mol. The van der Waals surface area contributed by atoms with Gasteiger partial charge < -0.3 is 0 Å². The minimum absolute atomic E-state index is 0.253. The molecule has 3 rings (SSSR count). The maximum atomic E-state index is 11.1. The number of rotatable bonds is 5. The fourth-order valence-electron chi connectivity index (χ4n) is 3.40. The van der Waals surface area contributed by atoms with Crippen molar-refractivity contribution in [2.24, 2.45) is 5.92 Å². The normalized spacial score (nSPS) is 22.5. The van der Waals surface area contributed by atoms with Gasteiger partial charge in [-0.15, -0.1) is 0 Å². The van der Waals surface area contributed by atoms with Gasteiger partial charge in [0.2, 0.25) is 0 Å². The molecule has 22 heavy (non-hydrogen) atoms. The van der Waals surface area contributed by atoms with Crippen LogP contribution < -0.4 is 5.69 Å². The number of hydrogen-bond acceptors (Lipinski definition) is 5. The van der Waals surface area contributed by atoms with Crippen LogP contribution in [0.1, 0.15) is 23.9 Å². The molecule has 0 unspecified atom stereocenters. The maximum Gasteiger partial charge on any atom is 0.340 e. The highest BCUT2D eigenvalue weighted by Crippen LogP contribution is 2.36. The second kappa shape index (κ2) is 6.41. The first-order valence-electron chi connectivity index (χ1n) is 7.56. The van der Waals surface area contributed by atoms with Gasteiger partial charge in [-0.2, -0.15) is 5.10 Å². The number of nitrogens with one attached hydrogen (secondary N) is 2. The van der Waals surface area contributed by atoms with E-state index in [1.165, 1.54) is 5.56 Å². The Morgan fingerprint density at radius 2 is 2.36 bits per heavy atom. The lowest BCUT2D eigenvalue weighted by atomic mass is 9.94. The van der Waals surface area contributed by atoms with Crippen molar-refractivity contribution in [2.75, 3.05) is 27.2 Å². The van der Waals surface area contributed by atoms with Crippen molar-refractivity contribution in [3.8, 4) is 0 Å². The molecule has 0 aliphatic carbocycles. The Hall–Kier alpha value is -1.99. The monoisotopic (exact) mass is 302 g/mol. The number of hydrogen-bond donors (Lipinski definition) is 2. The van der Waals surface area contributed by atoms with Crippen LogP contribution in [0.4, 0.5) is 0 Å². The molecule has 0 bridgehead atoms. The largest absolute Gasteiger partial charge is 0.340 e. The second-order valence-corrected chi connectivity index (χ2v) is 6.08. The molecule has 2 aromatic heterocycles. The van der Waals surface area contributed by atoms with E-state index in [1.54, 1.807) is 0 Å². The first kappa shape index (κ1) is 14.9. The highest BCUT2D eigenvalue weighted by atomic mass is 16.1. The Morgan fingerprint density at radius 3 is 3.05 bits per heavy atom. The van der Waals surface area contributed by atoms with E-state index in [4.69, 9.17) is 0 Å². The van der Waals surface area contributed by atoms with Crippen molar-refractivity contribution in [2.45, 2.75) is 19.0 Å². The van der Waals surface area contributed by atoms with Crippen LogP contribution in [0, 0.1) is 5.92 Å². The van der Waals surface area contributed by atoms with Crippen molar-refractivity contribution in [3.63, 3.8) is 0 Å². The van der Waals surface area contributed by atoms with Crippen molar-refractivity contribution in [3.05, 3.63) is 46.4 Å². The van der Waals surface area contributed by atoms with E-state index in [0.29, 0.717) is 24.3 Å². The van der Waals surface area contributed by atoms with E-state index >= 15 is 0 Å². The summed E-state index contributed by atoms with van der Waals surface area (Å²) < 4.78 is 0. The molecule has 0 spiro atoms. The Kier molecular flexibility index (Phi) is 4.35. The minimum Gasteiger partial charge on any atom is -0.299 e. The predicted molar refractivity (Wildman–Crippen MR) is 83.3 cm³/mol. The third-order valence-electron chi connectivity index (χ3n) is 4.32. The zero-order valence-electron chi connectivity index (χ0n) is 13.0. The van der Waals surface area contributed by atoms with Gasteiger partial charge >= 0.3 is 5.69 Å². The van der Waals surface area contributed by atoms with Gasteiger partial charge in [-0.3, -0.25) is 19.8 Å². The molecule has 2 aromatic rings. The zero-order chi connectivity index (χ0) is 15.5. The summed E-state index contributed by atoms with van der Waals surface area (Å²) in [6.45, 7) is 2.69. The fourth-order valence-corrected chi connectivity index (χ4v) is 3.40. The summed E-state index contributed by atoms with van der Waals surface area (Å²) in [7, 11) is 4.23. The summed E-state index contributed by atoms with van der Waals surface area (Å²) in [5.74, 6) is 1.22. The molecule has 0 aromatic carbocycles. The SMILES string of the molecule is CN(Cc1n[nH]c(=O)[nH]1)C[C@@H]1CCN(C)[C@H]1c1cccnc1. The van der Waals surface area contributed by atoms with E-state index in [9.17, 15) is 4.79 Å². The van der Waals surface area contributed by atoms with Crippen molar-refractivity contribution < 1.29 is 0 Å². The topological polar surface area (TPSA) is 80.9 Å². The molecule has 2 atom stereocenters. The molecular formula is C15H22N6O. The first-order chi connectivity index (χ1) is 10.6. The second-order valence-electron chi connectivity index (χ2n) is 6.08. The van der Waals surface area contributed by atoms with Crippen molar-refractivity contribution >= 4 is 0 Å². The number of aromatic nitrogens is 4. The van der Waals surface area contributed by atoms with Gasteiger partial charge in [0.25, 0.3) is 0 Å². The quantitative estimate of drug-likeness (QED) is 0.846. The summed E-state index contributed by atoms with van der Waals surface area (Å²) in [4.78, 5) is 22.6. The molecule has 1 aliphatic heterocycles. The van der Waals surface area contributed by atoms with Gasteiger partial charge in [-0.1, -0.05) is 6.07 Å². The molecule has 1 fully saturated rings. The Morgan fingerprint density at radius 1 is 1.50 bits per heavy atom. The highest BCUT2D eigenvalue weighted by molar-refractivity contribution is 5.17. The highest BCUT2D eigenvalue weighted by Gasteiger charge is 2.33. The number of likely N-dealkylation sites (tertiary alicyclic amines) is 1. The molecule has 2 N–H and O–H groups in total. The Balaban J connectivity index is 1.66. The van der Waals surface area contributed by atoms with E-state index in [2.05, 4.69) is 50.1 Å². The van der Waals surface area contributed by atoms with Gasteiger partial charge in [0, 0.05) is 25.0 Å². The van der Waals surface area contributed by atoms with Crippen LogP contribution in [0.15, 0.2) is 29.3 Å². The molecule has 7 heteroatoms. The summed E-state index contributed by atoms with van der Waals surface area (Å²) in [6, 6.07) is 4.54. The summed E-state index contributed by atoms with van der Waals surface area (Å²) in [5, 5.41) is 6.37. The summed E-state index contributed by atoms with van der Waals surface area (Å²) in [6.07, 6.45) is 4.94. The molecule has 1 saturated heterocycles. The molecule has 118 valence electrons. The van der Waals surface area contributed by atoms with Crippen LogP contribution in [0.3, 0.4) is 0 Å². The maximum absolute atomic E-state index is 11.1. The van der Waals surface area contributed by atoms with Crippen LogP contribution in [-0.2, 0) is 6.54 Å². The van der Waals surface area contributed by atoms with Gasteiger partial charge in [0.1, 0.15) is 5.82 Å². The molecule has 7 nitrogen and oxygen atoms in total. The lowest BCUT2D eigenvalue weighted by Crippen LogP contribution is -2.30. The molecule has 0 amide bonds. The number of aromatic amines is 2. The van der Waals surface area contributed by atoms with Crippen LogP contribution in [0.2, 0.25) is 0 Å². The van der Waals surface area contributed by atoms with Crippen molar-refractivity contribution in [1.29, 1.82) is 0 Å². The van der Waals surface area contributed by atoms with E-state index in [-0.39, 0.29) is 5.69 Å². The minimum atomic E-state index is -0.253. The van der Waals surface area contributed by atoms with Crippen molar-refractivity contribution in [1.82, 2.24) is 30.0 Å². The Labute approximate surface area is 129 Å². The van der Waals surface area contributed by atoms with Gasteiger partial charge in [-0.25, -0.2) is 9.89 Å². The molecule has 0 radical (unpaired) electrons. The molecule has 3 heterocycles. The van der Waals surface area contributed by atoms with Crippen LogP contribution in [0.25, 0.3) is 0 Å². The number of pyridine rings is 1. The average Bonchev–Trinajstić information content (AvgIpc) is 3.06. The summed E-state index contributed by atoms with van der Waals surface area (Å²) in [5.41, 5.74) is 1.02. The van der Waals surface area contributed by atoms with E-state index in [1.807, 2.05) is 18.5 Å². The van der Waals surface area contributed by atoms with Gasteiger partial charge in [0.15, 0.2) is 0 Å². The Bertz CT molecular complexity index is 651. The number of nitrogens with zero attached hydrogens (tertiary/aromatic N) is 4. The predicted octanol–water partition coefficient (Wildman–Crippen LogP) is 0.618. The standard InChI is InChI=1S/C15H22N6O/c1-20(10-13-17-15(22)19-18-13)9-12-5-7-21(2)14(12)11-4-3-6-16-8-11/h3-4,6,8,12,14H,5,7,9-10H2,1-2H3,(H2,17,18,19,22)/t12-,14-/m0/s1. The third-order valence-corrected chi connectivity index (χ3v) is 4.32. The zero-order valence-corrected chi connectivity index (χ0v) is 13.0. The van der Waals surface area contributed by atoms with Gasteiger partial charge in [-0.05, 0) is 44.6 Å².